The van der Waals surface area contributed by atoms with Gasteiger partial charge in [0.05, 0.1) is 16.6 Å². The number of para-hydroxylation sites is 1. The van der Waals surface area contributed by atoms with Gasteiger partial charge in [-0.1, -0.05) is 18.2 Å². The lowest BCUT2D eigenvalue weighted by Crippen LogP contribution is -2.47. The average Bonchev–Trinajstić information content (AvgIpc) is 2.53. The van der Waals surface area contributed by atoms with E-state index in [2.05, 4.69) is 4.98 Å². The first kappa shape index (κ1) is 15.7. The second-order valence-electron chi connectivity index (χ2n) is 5.66. The van der Waals surface area contributed by atoms with E-state index in [0.29, 0.717) is 26.2 Å². The van der Waals surface area contributed by atoms with Crippen LogP contribution in [0.2, 0.25) is 0 Å². The molecular formula is C16H16F3N3O. The summed E-state index contributed by atoms with van der Waals surface area (Å²) < 4.78 is 40.7. The van der Waals surface area contributed by atoms with Gasteiger partial charge in [0, 0.05) is 37.8 Å². The van der Waals surface area contributed by atoms with Crippen LogP contribution >= 0.6 is 0 Å². The Morgan fingerprint density at radius 1 is 1.13 bits per heavy atom. The van der Waals surface area contributed by atoms with Crippen molar-refractivity contribution in [3.05, 3.63) is 41.6 Å². The average molecular weight is 323 g/mol. The number of benzene rings is 1. The van der Waals surface area contributed by atoms with Crippen LogP contribution in [0.4, 0.5) is 13.2 Å². The molecule has 1 amide bonds. The number of carbonyl (C=O) groups is 1. The molecule has 122 valence electrons. The Morgan fingerprint density at radius 2 is 1.78 bits per heavy atom. The second kappa shape index (κ2) is 5.81. The summed E-state index contributed by atoms with van der Waals surface area (Å²) in [6, 6.07) is 6.00. The van der Waals surface area contributed by atoms with Gasteiger partial charge in [0.25, 0.3) is 5.91 Å². The van der Waals surface area contributed by atoms with E-state index >= 15 is 0 Å². The predicted octanol–water partition coefficient (Wildman–Crippen LogP) is 2.64. The molecule has 0 spiro atoms. The maximum absolute atomic E-state index is 13.6. The van der Waals surface area contributed by atoms with Crippen LogP contribution in [0.5, 0.6) is 0 Å². The summed E-state index contributed by atoms with van der Waals surface area (Å²) in [5.41, 5.74) is -1.04. The first-order valence-corrected chi connectivity index (χ1v) is 7.30. The first-order valence-electron chi connectivity index (χ1n) is 7.30. The number of nitrogens with zero attached hydrogens (tertiary/aromatic N) is 3. The van der Waals surface area contributed by atoms with E-state index in [1.165, 1.54) is 23.1 Å². The number of carbonyl (C=O) groups excluding carboxylic acids is 1. The number of piperazine rings is 1. The SMILES string of the molecule is CN1CCN(C(=O)c2cnc3ccccc3c2C(F)(F)F)CC1. The predicted molar refractivity (Wildman–Crippen MR) is 80.1 cm³/mol. The number of alkyl halides is 3. The second-order valence-corrected chi connectivity index (χ2v) is 5.66. The lowest BCUT2D eigenvalue weighted by atomic mass is 10.0. The van der Waals surface area contributed by atoms with Gasteiger partial charge in [0.2, 0.25) is 0 Å². The Balaban J connectivity index is 2.08. The van der Waals surface area contributed by atoms with Crippen LogP contribution in [0.25, 0.3) is 10.9 Å². The number of fused-ring (bicyclic) bond motifs is 1. The van der Waals surface area contributed by atoms with Crippen molar-refractivity contribution >= 4 is 16.8 Å². The van der Waals surface area contributed by atoms with Crippen LogP contribution in [-0.4, -0.2) is 53.9 Å². The molecule has 7 heteroatoms. The van der Waals surface area contributed by atoms with Crippen LogP contribution in [-0.2, 0) is 6.18 Å². The highest BCUT2D eigenvalue weighted by Crippen LogP contribution is 2.37. The lowest BCUT2D eigenvalue weighted by Gasteiger charge is -2.33. The molecule has 1 fully saturated rings. The number of aromatic nitrogens is 1. The Morgan fingerprint density at radius 3 is 2.43 bits per heavy atom. The van der Waals surface area contributed by atoms with Gasteiger partial charge in [-0.15, -0.1) is 0 Å². The molecule has 0 bridgehead atoms. The standard InChI is InChI=1S/C16H16F3N3O/c1-21-6-8-22(9-7-21)15(23)12-10-20-13-5-3-2-4-11(13)14(12)16(17,18)19/h2-5,10H,6-9H2,1H3. The van der Waals surface area contributed by atoms with Gasteiger partial charge in [-0.25, -0.2) is 0 Å². The summed E-state index contributed by atoms with van der Waals surface area (Å²) in [5.74, 6) is -0.608. The highest BCUT2D eigenvalue weighted by atomic mass is 19.4. The van der Waals surface area contributed by atoms with Gasteiger partial charge in [-0.3, -0.25) is 9.78 Å². The van der Waals surface area contributed by atoms with Crippen molar-refractivity contribution in [1.82, 2.24) is 14.8 Å². The monoisotopic (exact) mass is 323 g/mol. The van der Waals surface area contributed by atoms with Gasteiger partial charge in [-0.2, -0.15) is 13.2 Å². The molecule has 0 saturated carbocycles. The summed E-state index contributed by atoms with van der Waals surface area (Å²) in [6.07, 6.45) is -3.56. The van der Waals surface area contributed by atoms with Crippen LogP contribution in [0.1, 0.15) is 15.9 Å². The third-order valence-corrected chi connectivity index (χ3v) is 4.08. The zero-order valence-electron chi connectivity index (χ0n) is 12.6. The topological polar surface area (TPSA) is 36.4 Å². The van der Waals surface area contributed by atoms with Gasteiger partial charge < -0.3 is 9.80 Å². The molecule has 0 radical (unpaired) electrons. The molecule has 0 aliphatic carbocycles. The molecule has 0 atom stereocenters. The smallest absolute Gasteiger partial charge is 0.336 e. The number of rotatable bonds is 1. The maximum atomic E-state index is 13.6. The number of hydrogen-bond donors (Lipinski definition) is 0. The molecule has 1 aliphatic rings. The maximum Gasteiger partial charge on any atom is 0.417 e. The molecule has 0 N–H and O–H groups in total. The summed E-state index contributed by atoms with van der Waals surface area (Å²) in [6.45, 7) is 2.13. The minimum absolute atomic E-state index is 0.0417. The number of hydrogen-bond acceptors (Lipinski definition) is 3. The molecule has 1 aliphatic heterocycles. The normalized spacial score (nSPS) is 16.8. The minimum Gasteiger partial charge on any atom is -0.336 e. The van der Waals surface area contributed by atoms with Gasteiger partial charge in [0.15, 0.2) is 0 Å². The summed E-state index contributed by atoms with van der Waals surface area (Å²) in [5, 5.41) is -0.0417. The van der Waals surface area contributed by atoms with Gasteiger partial charge in [-0.05, 0) is 13.1 Å². The molecule has 2 aromatic rings. The molecule has 1 saturated heterocycles. The zero-order valence-corrected chi connectivity index (χ0v) is 12.6. The Labute approximate surface area is 131 Å². The molecule has 4 nitrogen and oxygen atoms in total. The van der Waals surface area contributed by atoms with E-state index in [9.17, 15) is 18.0 Å². The fourth-order valence-electron chi connectivity index (χ4n) is 2.79. The van der Waals surface area contributed by atoms with E-state index in [4.69, 9.17) is 0 Å². The van der Waals surface area contributed by atoms with Crippen molar-refractivity contribution in [2.75, 3.05) is 33.2 Å². The van der Waals surface area contributed by atoms with Crippen molar-refractivity contribution < 1.29 is 18.0 Å². The number of halogens is 3. The fourth-order valence-corrected chi connectivity index (χ4v) is 2.79. The lowest BCUT2D eigenvalue weighted by molar-refractivity contribution is -0.136. The van der Waals surface area contributed by atoms with Crippen molar-refractivity contribution in [3.63, 3.8) is 0 Å². The van der Waals surface area contributed by atoms with Crippen molar-refractivity contribution in [2.45, 2.75) is 6.18 Å². The third-order valence-electron chi connectivity index (χ3n) is 4.08. The van der Waals surface area contributed by atoms with Gasteiger partial charge in [0.1, 0.15) is 0 Å². The quantitative estimate of drug-likeness (QED) is 0.809. The fraction of sp³-hybridized carbons (Fsp3) is 0.375. The van der Waals surface area contributed by atoms with Crippen molar-refractivity contribution in [1.29, 1.82) is 0 Å². The number of likely N-dealkylation sites (N-methyl/N-ethyl adjacent to an activating group) is 1. The molecule has 23 heavy (non-hydrogen) atoms. The summed E-state index contributed by atoms with van der Waals surface area (Å²) >= 11 is 0. The highest BCUT2D eigenvalue weighted by Gasteiger charge is 2.38. The molecular weight excluding hydrogens is 307 g/mol. The molecule has 3 rings (SSSR count). The van der Waals surface area contributed by atoms with E-state index in [0.717, 1.165) is 6.20 Å². The Bertz CT molecular complexity index is 737. The largest absolute Gasteiger partial charge is 0.417 e. The molecule has 2 heterocycles. The van der Waals surface area contributed by atoms with Crippen LogP contribution in [0, 0.1) is 0 Å². The highest BCUT2D eigenvalue weighted by molar-refractivity contribution is 6.00. The number of pyridine rings is 1. The Hall–Kier alpha value is -2.15. The van der Waals surface area contributed by atoms with E-state index in [1.54, 1.807) is 6.07 Å². The van der Waals surface area contributed by atoms with Gasteiger partial charge >= 0.3 is 6.18 Å². The van der Waals surface area contributed by atoms with Crippen LogP contribution in [0.15, 0.2) is 30.5 Å². The molecule has 0 unspecified atom stereocenters. The van der Waals surface area contributed by atoms with Crippen molar-refractivity contribution in [2.24, 2.45) is 0 Å². The summed E-state index contributed by atoms with van der Waals surface area (Å²) in [7, 11) is 1.92. The Kier molecular flexibility index (Phi) is 3.97. The molecule has 1 aromatic carbocycles. The van der Waals surface area contributed by atoms with Crippen molar-refractivity contribution in [3.8, 4) is 0 Å². The summed E-state index contributed by atoms with van der Waals surface area (Å²) in [4.78, 5) is 20.1. The van der Waals surface area contributed by atoms with Crippen LogP contribution < -0.4 is 0 Å². The van der Waals surface area contributed by atoms with E-state index < -0.39 is 17.6 Å². The number of amides is 1. The van der Waals surface area contributed by atoms with Crippen LogP contribution in [0.3, 0.4) is 0 Å². The zero-order chi connectivity index (χ0) is 16.6. The first-order chi connectivity index (χ1) is 10.9. The van der Waals surface area contributed by atoms with E-state index in [-0.39, 0.29) is 16.5 Å². The van der Waals surface area contributed by atoms with E-state index in [1.807, 2.05) is 11.9 Å². The molecule has 1 aromatic heterocycles. The minimum atomic E-state index is -4.61. The third kappa shape index (κ3) is 3.01.